The molecule has 1 spiro atoms. The molecule has 1 atom stereocenters. The highest BCUT2D eigenvalue weighted by Gasteiger charge is 2.50. The van der Waals surface area contributed by atoms with Gasteiger partial charge in [0.15, 0.2) is 0 Å². The number of ether oxygens (including phenoxy) is 3. The van der Waals surface area contributed by atoms with Crippen molar-refractivity contribution in [3.63, 3.8) is 0 Å². The van der Waals surface area contributed by atoms with Gasteiger partial charge in [0, 0.05) is 55.7 Å². The van der Waals surface area contributed by atoms with Crippen LogP contribution in [0.15, 0.2) is 79.0 Å². The molecule has 2 aliphatic carbocycles. The molecular formula is C43H42N6O7. The Kier molecular flexibility index (Phi) is 8.31. The molecule has 4 aromatic rings. The van der Waals surface area contributed by atoms with Crippen LogP contribution in [-0.4, -0.2) is 83.0 Å². The summed E-state index contributed by atoms with van der Waals surface area (Å²) >= 11 is 0. The summed E-state index contributed by atoms with van der Waals surface area (Å²) in [6, 6.07) is 23.2. The normalized spacial score (nSPS) is 24.3. The van der Waals surface area contributed by atoms with Crippen LogP contribution in [0, 0.1) is 5.41 Å². The second-order valence-electron chi connectivity index (χ2n) is 16.2. The molecular weight excluding hydrogens is 713 g/mol. The van der Waals surface area contributed by atoms with E-state index in [0.29, 0.717) is 12.0 Å². The maximum absolute atomic E-state index is 13.2. The van der Waals surface area contributed by atoms with Crippen molar-refractivity contribution in [3.8, 4) is 11.5 Å². The van der Waals surface area contributed by atoms with E-state index in [1.54, 1.807) is 24.4 Å². The average Bonchev–Trinajstić information content (AvgIpc) is 3.37. The van der Waals surface area contributed by atoms with Crippen LogP contribution in [0.3, 0.4) is 0 Å². The van der Waals surface area contributed by atoms with Gasteiger partial charge in [-0.05, 0) is 78.9 Å². The summed E-state index contributed by atoms with van der Waals surface area (Å²) in [5.74, 6) is 0.367. The quantitative estimate of drug-likeness (QED) is 0.204. The van der Waals surface area contributed by atoms with Crippen LogP contribution in [-0.2, 0) is 26.3 Å². The monoisotopic (exact) mass is 754 g/mol. The molecule has 56 heavy (non-hydrogen) atoms. The van der Waals surface area contributed by atoms with Gasteiger partial charge in [-0.2, -0.15) is 0 Å². The van der Waals surface area contributed by atoms with Gasteiger partial charge in [0.2, 0.25) is 17.8 Å². The maximum atomic E-state index is 13.2. The number of hydrogen-bond donors (Lipinski definition) is 2. The molecule has 286 valence electrons. The molecule has 5 heterocycles. The first-order valence-corrected chi connectivity index (χ1v) is 19.5. The zero-order valence-corrected chi connectivity index (χ0v) is 30.9. The van der Waals surface area contributed by atoms with E-state index in [0.717, 1.165) is 85.7 Å². The van der Waals surface area contributed by atoms with Crippen molar-refractivity contribution >= 4 is 35.3 Å². The average molecular weight is 755 g/mol. The van der Waals surface area contributed by atoms with Gasteiger partial charge in [-0.15, -0.1) is 0 Å². The minimum Gasteiger partial charge on any atom is -0.490 e. The van der Waals surface area contributed by atoms with Crippen LogP contribution in [0.1, 0.15) is 82.5 Å². The number of nitrogens with zero attached hydrogens (tertiary/aromatic N) is 4. The fourth-order valence-corrected chi connectivity index (χ4v) is 9.02. The van der Waals surface area contributed by atoms with Gasteiger partial charge in [0.25, 0.3) is 11.8 Å². The smallest absolute Gasteiger partial charge is 0.262 e. The van der Waals surface area contributed by atoms with E-state index in [4.69, 9.17) is 19.2 Å². The fourth-order valence-electron chi connectivity index (χ4n) is 9.02. The standard InChI is InChI=1S/C43H42N6O7/c50-37-13-12-36(38(51)47-37)49-39(52)34-11-6-28(20-35(34)40(49)53)45-30-18-33(19-30)56-32-9-4-27(5-10-32)43(15-1-16-43)26-2-7-31(8-3-26)55-21-29-14-17-44-41(46-29)48-22-42(23-48)24-54-25-42/h2-11,14,17,20,30,33,36,45H,1,12-13,15-16,18-19,21-25H2,(H,47,50,51)/t30-,33+,36?. The van der Waals surface area contributed by atoms with E-state index in [9.17, 15) is 19.2 Å². The van der Waals surface area contributed by atoms with Crippen LogP contribution in [0.25, 0.3) is 0 Å². The zero-order chi connectivity index (χ0) is 38.0. The van der Waals surface area contributed by atoms with Gasteiger partial charge in [-0.1, -0.05) is 30.7 Å². The van der Waals surface area contributed by atoms with E-state index in [2.05, 4.69) is 69.0 Å². The minimum absolute atomic E-state index is 0.0229. The highest BCUT2D eigenvalue weighted by Crippen LogP contribution is 2.49. The molecule has 0 bridgehead atoms. The Labute approximate surface area is 323 Å². The first-order chi connectivity index (χ1) is 27.2. The number of carbonyl (C=O) groups is 4. The molecule has 13 heteroatoms. The van der Waals surface area contributed by atoms with Crippen molar-refractivity contribution < 1.29 is 33.4 Å². The molecule has 10 rings (SSSR count). The van der Waals surface area contributed by atoms with Gasteiger partial charge in [0.05, 0.1) is 35.4 Å². The van der Waals surface area contributed by atoms with Crippen molar-refractivity contribution in [2.75, 3.05) is 36.5 Å². The summed E-state index contributed by atoms with van der Waals surface area (Å²) in [7, 11) is 0. The summed E-state index contributed by atoms with van der Waals surface area (Å²) < 4.78 is 17.9. The van der Waals surface area contributed by atoms with E-state index in [-0.39, 0.29) is 41.5 Å². The lowest BCUT2D eigenvalue weighted by molar-refractivity contribution is -0.136. The number of imide groups is 2. The van der Waals surface area contributed by atoms with Gasteiger partial charge in [-0.25, -0.2) is 9.97 Å². The Hall–Kier alpha value is -5.82. The Morgan fingerprint density at radius 3 is 2.23 bits per heavy atom. The predicted molar refractivity (Wildman–Crippen MR) is 204 cm³/mol. The molecule has 4 amide bonds. The topological polar surface area (TPSA) is 152 Å². The number of rotatable bonds is 11. The van der Waals surface area contributed by atoms with Crippen molar-refractivity contribution in [1.82, 2.24) is 20.2 Å². The summed E-state index contributed by atoms with van der Waals surface area (Å²) in [4.78, 5) is 62.6. The molecule has 2 N–H and O–H groups in total. The molecule has 0 radical (unpaired) electrons. The molecule has 1 aromatic heterocycles. The van der Waals surface area contributed by atoms with Crippen molar-refractivity contribution in [3.05, 3.63) is 107 Å². The van der Waals surface area contributed by atoms with Crippen LogP contribution < -0.4 is 25.0 Å². The van der Waals surface area contributed by atoms with E-state index in [1.165, 1.54) is 17.5 Å². The molecule has 13 nitrogen and oxygen atoms in total. The number of piperidine rings is 1. The Morgan fingerprint density at radius 1 is 0.857 bits per heavy atom. The van der Waals surface area contributed by atoms with E-state index < -0.39 is 29.7 Å². The zero-order valence-electron chi connectivity index (χ0n) is 30.9. The first-order valence-electron chi connectivity index (χ1n) is 19.5. The second-order valence-corrected chi connectivity index (χ2v) is 16.2. The SMILES string of the molecule is O=C1CCC(N2C(=O)c3ccc(N[C@H]4C[C@@H](Oc5ccc(C6(c7ccc(OCc8ccnc(N9CC%10(COC%10)C9)n8)cc7)CCC6)cc5)C4)cc3C2=O)C(=O)N1. The summed E-state index contributed by atoms with van der Waals surface area (Å²) in [5, 5.41) is 5.69. The molecule has 2 saturated carbocycles. The second kappa shape index (κ2) is 13.4. The number of fused-ring (bicyclic) bond motifs is 1. The molecule has 6 aliphatic rings. The largest absolute Gasteiger partial charge is 0.490 e. The number of nitrogens with one attached hydrogen (secondary N) is 2. The molecule has 1 unspecified atom stereocenters. The third kappa shape index (κ3) is 6.05. The van der Waals surface area contributed by atoms with E-state index in [1.807, 2.05) is 6.07 Å². The fraction of sp³-hybridized carbons (Fsp3) is 0.395. The lowest BCUT2D eigenvalue weighted by Gasteiger charge is -2.54. The number of amides is 4. The highest BCUT2D eigenvalue weighted by molar-refractivity contribution is 6.23. The Morgan fingerprint density at radius 2 is 1.57 bits per heavy atom. The number of aromatic nitrogens is 2. The van der Waals surface area contributed by atoms with Crippen molar-refractivity contribution in [2.24, 2.45) is 5.41 Å². The van der Waals surface area contributed by atoms with Crippen LogP contribution >= 0.6 is 0 Å². The Balaban J connectivity index is 0.714. The minimum atomic E-state index is -0.982. The predicted octanol–water partition coefficient (Wildman–Crippen LogP) is 4.79. The lowest BCUT2D eigenvalue weighted by Crippen LogP contribution is -2.66. The van der Waals surface area contributed by atoms with Crippen molar-refractivity contribution in [2.45, 2.75) is 75.2 Å². The third-order valence-corrected chi connectivity index (χ3v) is 12.5. The first kappa shape index (κ1) is 34.7. The van der Waals surface area contributed by atoms with Gasteiger partial charge in [-0.3, -0.25) is 29.4 Å². The number of anilines is 2. The number of hydrogen-bond acceptors (Lipinski definition) is 11. The molecule has 5 fully saturated rings. The third-order valence-electron chi connectivity index (χ3n) is 12.5. The lowest BCUT2D eigenvalue weighted by atomic mass is 9.60. The van der Waals surface area contributed by atoms with Crippen LogP contribution in [0.4, 0.5) is 11.6 Å². The van der Waals surface area contributed by atoms with Gasteiger partial charge in [0.1, 0.15) is 30.3 Å². The molecule has 3 saturated heterocycles. The maximum Gasteiger partial charge on any atom is 0.262 e. The molecule has 4 aliphatic heterocycles. The van der Waals surface area contributed by atoms with Gasteiger partial charge < -0.3 is 24.4 Å². The summed E-state index contributed by atoms with van der Waals surface area (Å²) in [6.45, 7) is 3.94. The van der Waals surface area contributed by atoms with Crippen LogP contribution in [0.5, 0.6) is 11.5 Å². The van der Waals surface area contributed by atoms with Crippen molar-refractivity contribution in [1.29, 1.82) is 0 Å². The molecule has 3 aromatic carbocycles. The highest BCUT2D eigenvalue weighted by atomic mass is 16.5. The Bertz CT molecular complexity index is 2220. The van der Waals surface area contributed by atoms with E-state index >= 15 is 0 Å². The summed E-state index contributed by atoms with van der Waals surface area (Å²) in [5.41, 5.74) is 4.97. The van der Waals surface area contributed by atoms with Crippen LogP contribution in [0.2, 0.25) is 0 Å². The summed E-state index contributed by atoms with van der Waals surface area (Å²) in [6.07, 6.45) is 7.02. The number of carbonyl (C=O) groups excluding carboxylic acids is 4. The number of benzene rings is 3. The van der Waals surface area contributed by atoms with Gasteiger partial charge >= 0.3 is 0 Å².